The van der Waals surface area contributed by atoms with Crippen LogP contribution in [0.5, 0.6) is 0 Å². The molecular formula is C16H20N2O2S. The predicted molar refractivity (Wildman–Crippen MR) is 87.8 cm³/mol. The summed E-state index contributed by atoms with van der Waals surface area (Å²) in [7, 11) is 0. The van der Waals surface area contributed by atoms with E-state index in [1.54, 1.807) is 25.2 Å². The third kappa shape index (κ3) is 4.06. The smallest absolute Gasteiger partial charge is 0.319 e. The fraction of sp³-hybridized carbons (Fsp3) is 0.312. The number of carbonyl (C=O) groups excluding carboxylic acids is 1. The topological polar surface area (TPSA) is 61.4 Å². The second-order valence-corrected chi connectivity index (χ2v) is 6.55. The minimum Gasteiger partial charge on any atom is -0.394 e. The summed E-state index contributed by atoms with van der Waals surface area (Å²) in [6.07, 6.45) is 0. The lowest BCUT2D eigenvalue weighted by Crippen LogP contribution is -2.48. The largest absolute Gasteiger partial charge is 0.394 e. The van der Waals surface area contributed by atoms with Gasteiger partial charge in [-0.25, -0.2) is 4.79 Å². The number of hydrogen-bond donors (Lipinski definition) is 3. The van der Waals surface area contributed by atoms with Crippen LogP contribution in [0.15, 0.2) is 35.7 Å². The van der Waals surface area contributed by atoms with Gasteiger partial charge in [-0.1, -0.05) is 12.1 Å². The molecule has 0 saturated heterocycles. The second kappa shape index (κ2) is 6.28. The number of carbonyl (C=O) groups is 1. The zero-order valence-corrected chi connectivity index (χ0v) is 13.3. The molecule has 1 aromatic heterocycles. The number of benzene rings is 1. The molecule has 0 aliphatic rings. The van der Waals surface area contributed by atoms with Gasteiger partial charge in [0.05, 0.1) is 12.1 Å². The fourth-order valence-corrected chi connectivity index (χ4v) is 2.84. The maximum atomic E-state index is 11.9. The molecule has 112 valence electrons. The number of anilines is 1. The summed E-state index contributed by atoms with van der Waals surface area (Å²) in [4.78, 5) is 13.1. The molecule has 5 heteroatoms. The molecule has 0 unspecified atom stereocenters. The van der Waals surface area contributed by atoms with Gasteiger partial charge < -0.3 is 15.7 Å². The van der Waals surface area contributed by atoms with Crippen molar-refractivity contribution in [3.8, 4) is 10.4 Å². The molecule has 0 atom stereocenters. The number of aryl methyl sites for hydroxylation is 1. The highest BCUT2D eigenvalue weighted by molar-refractivity contribution is 7.13. The lowest BCUT2D eigenvalue weighted by molar-refractivity contribution is 0.187. The van der Waals surface area contributed by atoms with Gasteiger partial charge in [-0.15, -0.1) is 11.3 Å². The number of hydrogen-bond acceptors (Lipinski definition) is 3. The SMILES string of the molecule is Cc1ccsc1-c1cccc(NC(=O)NC(C)(C)CO)c1. The van der Waals surface area contributed by atoms with Crippen molar-refractivity contribution in [1.82, 2.24) is 5.32 Å². The summed E-state index contributed by atoms with van der Waals surface area (Å²) in [5.41, 5.74) is 2.39. The van der Waals surface area contributed by atoms with E-state index < -0.39 is 5.54 Å². The average Bonchev–Trinajstić information content (AvgIpc) is 2.84. The number of nitrogens with one attached hydrogen (secondary N) is 2. The van der Waals surface area contributed by atoms with E-state index in [2.05, 4.69) is 29.0 Å². The van der Waals surface area contributed by atoms with Crippen molar-refractivity contribution in [2.75, 3.05) is 11.9 Å². The van der Waals surface area contributed by atoms with Crippen LogP contribution in [0, 0.1) is 6.92 Å². The standard InChI is InChI=1S/C16H20N2O2S/c1-11-7-8-21-14(11)12-5-4-6-13(9-12)17-15(20)18-16(2,3)10-19/h4-9,19H,10H2,1-3H3,(H2,17,18,20). The van der Waals surface area contributed by atoms with Crippen LogP contribution >= 0.6 is 11.3 Å². The van der Waals surface area contributed by atoms with E-state index in [1.807, 2.05) is 24.3 Å². The molecule has 0 fully saturated rings. The molecule has 0 spiro atoms. The highest BCUT2D eigenvalue weighted by atomic mass is 32.1. The number of aliphatic hydroxyl groups is 1. The molecule has 2 rings (SSSR count). The zero-order valence-electron chi connectivity index (χ0n) is 12.4. The van der Waals surface area contributed by atoms with Gasteiger partial charge in [0.15, 0.2) is 0 Å². The summed E-state index contributed by atoms with van der Waals surface area (Å²) in [5.74, 6) is 0. The van der Waals surface area contributed by atoms with Crippen molar-refractivity contribution in [2.24, 2.45) is 0 Å². The van der Waals surface area contributed by atoms with Gasteiger partial charge >= 0.3 is 6.03 Å². The van der Waals surface area contributed by atoms with Gasteiger partial charge in [0, 0.05) is 10.6 Å². The van der Waals surface area contributed by atoms with E-state index in [0.717, 1.165) is 11.3 Å². The highest BCUT2D eigenvalue weighted by Gasteiger charge is 2.19. The Bertz CT molecular complexity index is 635. The Balaban J connectivity index is 2.12. The molecule has 2 amide bonds. The van der Waals surface area contributed by atoms with Crippen LogP contribution in [0.3, 0.4) is 0 Å². The molecule has 1 heterocycles. The maximum absolute atomic E-state index is 11.9. The van der Waals surface area contributed by atoms with Gasteiger partial charge in [0.2, 0.25) is 0 Å². The molecule has 3 N–H and O–H groups in total. The average molecular weight is 304 g/mol. The molecule has 0 radical (unpaired) electrons. The third-order valence-corrected chi connectivity index (χ3v) is 4.16. The summed E-state index contributed by atoms with van der Waals surface area (Å²) < 4.78 is 0. The molecule has 0 aliphatic heterocycles. The van der Waals surface area contributed by atoms with Crippen molar-refractivity contribution < 1.29 is 9.90 Å². The van der Waals surface area contributed by atoms with Crippen LogP contribution in [-0.4, -0.2) is 23.3 Å². The van der Waals surface area contributed by atoms with Crippen LogP contribution in [0.2, 0.25) is 0 Å². The molecular weight excluding hydrogens is 284 g/mol. The third-order valence-electron chi connectivity index (χ3n) is 3.09. The van der Waals surface area contributed by atoms with Crippen molar-refractivity contribution in [1.29, 1.82) is 0 Å². The Morgan fingerprint density at radius 2 is 2.10 bits per heavy atom. The Kier molecular flexibility index (Phi) is 4.65. The second-order valence-electron chi connectivity index (χ2n) is 5.63. The number of amides is 2. The van der Waals surface area contributed by atoms with Crippen molar-refractivity contribution in [3.05, 3.63) is 41.3 Å². The lowest BCUT2D eigenvalue weighted by Gasteiger charge is -2.23. The van der Waals surface area contributed by atoms with E-state index in [-0.39, 0.29) is 12.6 Å². The molecule has 0 saturated carbocycles. The predicted octanol–water partition coefficient (Wildman–Crippen LogP) is 3.62. The van der Waals surface area contributed by atoms with E-state index in [4.69, 9.17) is 5.11 Å². The Hall–Kier alpha value is -1.85. The quantitative estimate of drug-likeness (QED) is 0.808. The number of rotatable bonds is 4. The first kappa shape index (κ1) is 15.5. The molecule has 2 aromatic rings. The van der Waals surface area contributed by atoms with Crippen LogP contribution < -0.4 is 10.6 Å². The number of thiophene rings is 1. The van der Waals surface area contributed by atoms with Crippen LogP contribution in [-0.2, 0) is 0 Å². The van der Waals surface area contributed by atoms with Crippen molar-refractivity contribution in [3.63, 3.8) is 0 Å². The lowest BCUT2D eigenvalue weighted by atomic mass is 10.1. The number of aliphatic hydroxyl groups excluding tert-OH is 1. The molecule has 1 aromatic carbocycles. The first-order valence-corrected chi connectivity index (χ1v) is 7.64. The Labute approximate surface area is 128 Å². The first-order chi connectivity index (χ1) is 9.91. The van der Waals surface area contributed by atoms with E-state index in [1.165, 1.54) is 10.4 Å². The molecule has 0 aliphatic carbocycles. The monoisotopic (exact) mass is 304 g/mol. The van der Waals surface area contributed by atoms with Gasteiger partial charge in [0.1, 0.15) is 0 Å². The van der Waals surface area contributed by atoms with Crippen LogP contribution in [0.25, 0.3) is 10.4 Å². The van der Waals surface area contributed by atoms with Gasteiger partial charge in [-0.3, -0.25) is 0 Å². The van der Waals surface area contributed by atoms with Crippen LogP contribution in [0.4, 0.5) is 10.5 Å². The maximum Gasteiger partial charge on any atom is 0.319 e. The summed E-state index contributed by atoms with van der Waals surface area (Å²) >= 11 is 1.68. The van der Waals surface area contributed by atoms with E-state index in [9.17, 15) is 4.79 Å². The van der Waals surface area contributed by atoms with Crippen LogP contribution in [0.1, 0.15) is 19.4 Å². The summed E-state index contributed by atoms with van der Waals surface area (Å²) in [5, 5.41) is 16.7. The minimum atomic E-state index is -0.647. The first-order valence-electron chi connectivity index (χ1n) is 6.76. The normalized spacial score (nSPS) is 11.2. The van der Waals surface area contributed by atoms with E-state index in [0.29, 0.717) is 0 Å². The van der Waals surface area contributed by atoms with Crippen molar-refractivity contribution in [2.45, 2.75) is 26.3 Å². The van der Waals surface area contributed by atoms with E-state index >= 15 is 0 Å². The number of urea groups is 1. The highest BCUT2D eigenvalue weighted by Crippen LogP contribution is 2.30. The molecule has 0 bridgehead atoms. The molecule has 21 heavy (non-hydrogen) atoms. The van der Waals surface area contributed by atoms with Gasteiger partial charge in [-0.2, -0.15) is 0 Å². The zero-order chi connectivity index (χ0) is 15.5. The minimum absolute atomic E-state index is 0.116. The van der Waals surface area contributed by atoms with Crippen molar-refractivity contribution >= 4 is 23.1 Å². The summed E-state index contributed by atoms with van der Waals surface area (Å²) in [6.45, 7) is 5.48. The Morgan fingerprint density at radius 1 is 1.33 bits per heavy atom. The molecule has 4 nitrogen and oxygen atoms in total. The van der Waals surface area contributed by atoms with Gasteiger partial charge in [0.25, 0.3) is 0 Å². The summed E-state index contributed by atoms with van der Waals surface area (Å²) in [6, 6.07) is 9.49. The Morgan fingerprint density at radius 3 is 2.71 bits per heavy atom. The fourth-order valence-electron chi connectivity index (χ4n) is 1.92. The van der Waals surface area contributed by atoms with Gasteiger partial charge in [-0.05, 0) is 55.5 Å².